The fourth-order valence-electron chi connectivity index (χ4n) is 0.649. The molecule has 0 spiro atoms. The van der Waals surface area contributed by atoms with E-state index in [-0.39, 0.29) is 0 Å². The molecule has 0 radical (unpaired) electrons. The molecule has 0 N–H and O–H groups in total. The second kappa shape index (κ2) is 3.64. The van der Waals surface area contributed by atoms with Crippen LogP contribution >= 0.6 is 11.6 Å². The molecule has 0 unspecified atom stereocenters. The van der Waals surface area contributed by atoms with Gasteiger partial charge in [-0.05, 0) is 12.1 Å². The lowest BCUT2D eigenvalue weighted by molar-refractivity contribution is 0.604. The van der Waals surface area contributed by atoms with Crippen molar-refractivity contribution in [3.63, 3.8) is 0 Å². The Morgan fingerprint density at radius 1 is 1.30 bits per heavy atom. The third kappa shape index (κ3) is 2.05. The van der Waals surface area contributed by atoms with Crippen LogP contribution in [0.2, 0.25) is 5.02 Å². The monoisotopic (exact) mass is 173 g/mol. The third-order valence-corrected chi connectivity index (χ3v) is 1.84. The quantitative estimate of drug-likeness (QED) is 0.628. The van der Waals surface area contributed by atoms with Crippen LogP contribution in [0.4, 0.5) is 0 Å². The molecule has 1 rings (SSSR count). The zero-order valence-electron chi connectivity index (χ0n) is 5.21. The van der Waals surface area contributed by atoms with Crippen molar-refractivity contribution in [2.45, 2.75) is 5.75 Å². The van der Waals surface area contributed by atoms with Crippen molar-refractivity contribution in [1.29, 1.82) is 0 Å². The van der Waals surface area contributed by atoms with Gasteiger partial charge in [-0.3, -0.25) is 0 Å². The summed E-state index contributed by atoms with van der Waals surface area (Å²) >= 11 is 6.19. The highest BCUT2D eigenvalue weighted by molar-refractivity contribution is 7.64. The van der Waals surface area contributed by atoms with Crippen molar-refractivity contribution in [2.24, 2.45) is 0 Å². The predicted molar refractivity (Wildman–Crippen MR) is 43.2 cm³/mol. The van der Waals surface area contributed by atoms with E-state index in [0.29, 0.717) is 22.4 Å². The van der Waals surface area contributed by atoms with Gasteiger partial charge in [0.05, 0.1) is 0 Å². The molecule has 0 saturated carbocycles. The van der Waals surface area contributed by atoms with Crippen molar-refractivity contribution in [2.75, 3.05) is 0 Å². The summed E-state index contributed by atoms with van der Waals surface area (Å²) < 4.78 is 10.1. The van der Waals surface area contributed by atoms with Crippen molar-refractivity contribution < 1.29 is 4.21 Å². The fourth-order valence-corrected chi connectivity index (χ4v) is 1.10. The minimum absolute atomic E-state index is 0.511. The maximum Gasteiger partial charge on any atom is 0.463 e. The molecule has 0 saturated heterocycles. The summed E-state index contributed by atoms with van der Waals surface area (Å²) in [5.74, 6) is 0.511. The van der Waals surface area contributed by atoms with E-state index in [2.05, 4.69) is 0 Å². The Labute approximate surface area is 68.5 Å². The molecule has 1 aromatic carbocycles. The van der Waals surface area contributed by atoms with Crippen molar-refractivity contribution >= 4 is 23.3 Å². The minimum atomic E-state index is 0.511. The maximum absolute atomic E-state index is 10.1. The Bertz CT molecular complexity index is 220. The van der Waals surface area contributed by atoms with Gasteiger partial charge >= 0.3 is 11.7 Å². The lowest BCUT2D eigenvalue weighted by Gasteiger charge is -1.87. The molecule has 0 aromatic heterocycles. The highest BCUT2D eigenvalue weighted by Crippen LogP contribution is 2.09. The summed E-state index contributed by atoms with van der Waals surface area (Å²) in [6.07, 6.45) is 0. The molecule has 0 bridgehead atoms. The Kier molecular flexibility index (Phi) is 2.78. The largest absolute Gasteiger partial charge is 0.463 e. The zero-order valence-corrected chi connectivity index (χ0v) is 6.78. The van der Waals surface area contributed by atoms with Gasteiger partial charge in [0.2, 0.25) is 0 Å². The smallest absolute Gasteiger partial charge is 0.0843 e. The maximum atomic E-state index is 10.1. The van der Waals surface area contributed by atoms with Crippen molar-refractivity contribution in [3.05, 3.63) is 34.9 Å². The van der Waals surface area contributed by atoms with Crippen LogP contribution in [0, 0.1) is 0 Å². The standard InChI is InChI=1S/C7H6ClOS/c8-7-3-1-6(2-4-7)5-10-9/h1-4H,5H2/q+1. The van der Waals surface area contributed by atoms with Crippen LogP contribution in [0.3, 0.4) is 0 Å². The lowest BCUT2D eigenvalue weighted by Crippen LogP contribution is -1.79. The molecule has 52 valence electrons. The van der Waals surface area contributed by atoms with Crippen LogP contribution in [0.25, 0.3) is 0 Å². The predicted octanol–water partition coefficient (Wildman–Crippen LogP) is 2.27. The molecule has 1 aromatic rings. The van der Waals surface area contributed by atoms with Crippen molar-refractivity contribution in [1.82, 2.24) is 0 Å². The molecule has 3 heteroatoms. The van der Waals surface area contributed by atoms with Crippen LogP contribution in [0.15, 0.2) is 24.3 Å². The molecule has 0 aliphatic carbocycles. The van der Waals surface area contributed by atoms with E-state index in [1.807, 2.05) is 12.1 Å². The van der Waals surface area contributed by atoms with Gasteiger partial charge in [0.25, 0.3) is 5.75 Å². The molecule has 0 amide bonds. The van der Waals surface area contributed by atoms with Crippen LogP contribution in [0.1, 0.15) is 5.56 Å². The van der Waals surface area contributed by atoms with Gasteiger partial charge in [0, 0.05) is 14.8 Å². The normalized spacial score (nSPS) is 9.30. The van der Waals surface area contributed by atoms with E-state index < -0.39 is 0 Å². The van der Waals surface area contributed by atoms with Gasteiger partial charge in [-0.15, -0.1) is 0 Å². The Morgan fingerprint density at radius 2 is 1.90 bits per heavy atom. The first-order valence-electron chi connectivity index (χ1n) is 2.82. The van der Waals surface area contributed by atoms with Gasteiger partial charge in [0.15, 0.2) is 0 Å². The van der Waals surface area contributed by atoms with Crippen LogP contribution in [-0.2, 0) is 21.6 Å². The van der Waals surface area contributed by atoms with Gasteiger partial charge in [-0.1, -0.05) is 23.7 Å². The summed E-state index contributed by atoms with van der Waals surface area (Å²) in [4.78, 5) is 0. The summed E-state index contributed by atoms with van der Waals surface area (Å²) in [6.45, 7) is 0. The fraction of sp³-hybridized carbons (Fsp3) is 0.143. The number of benzene rings is 1. The second-order valence-corrected chi connectivity index (χ2v) is 2.85. The summed E-state index contributed by atoms with van der Waals surface area (Å²) in [5.41, 5.74) is 1.02. The van der Waals surface area contributed by atoms with Gasteiger partial charge in [-0.25, -0.2) is 0 Å². The second-order valence-electron chi connectivity index (χ2n) is 1.89. The average Bonchev–Trinajstić information content (AvgIpc) is 1.95. The molecular formula is C7H6ClOS+. The SMILES string of the molecule is O=[S+]Cc1ccc(Cl)cc1. The third-order valence-electron chi connectivity index (χ3n) is 1.14. The Hall–Kier alpha value is -0.470. The molecule has 10 heavy (non-hydrogen) atoms. The van der Waals surface area contributed by atoms with Crippen LogP contribution in [0.5, 0.6) is 0 Å². The summed E-state index contributed by atoms with van der Waals surface area (Å²) in [7, 11) is 0. The highest BCUT2D eigenvalue weighted by atomic mass is 35.5. The van der Waals surface area contributed by atoms with Gasteiger partial charge in [-0.2, -0.15) is 0 Å². The summed E-state index contributed by atoms with van der Waals surface area (Å²) in [5, 5.41) is 0.708. The lowest BCUT2D eigenvalue weighted by atomic mass is 10.2. The van der Waals surface area contributed by atoms with E-state index in [1.54, 1.807) is 12.1 Å². The number of rotatable bonds is 2. The van der Waals surface area contributed by atoms with E-state index >= 15 is 0 Å². The molecule has 0 aliphatic heterocycles. The first kappa shape index (κ1) is 7.63. The highest BCUT2D eigenvalue weighted by Gasteiger charge is 1.99. The van der Waals surface area contributed by atoms with Gasteiger partial charge < -0.3 is 0 Å². The van der Waals surface area contributed by atoms with Gasteiger partial charge in [0.1, 0.15) is 0 Å². The molecule has 0 atom stereocenters. The molecule has 0 heterocycles. The molecule has 1 nitrogen and oxygen atoms in total. The topological polar surface area (TPSA) is 17.1 Å². The van der Waals surface area contributed by atoms with Crippen LogP contribution in [-0.4, -0.2) is 0 Å². The van der Waals surface area contributed by atoms with Crippen LogP contribution < -0.4 is 0 Å². The van der Waals surface area contributed by atoms with E-state index in [1.165, 1.54) is 0 Å². The number of hydrogen-bond donors (Lipinski definition) is 0. The van der Waals surface area contributed by atoms with E-state index in [0.717, 1.165) is 5.56 Å². The minimum Gasteiger partial charge on any atom is -0.0843 e. The van der Waals surface area contributed by atoms with Crippen molar-refractivity contribution in [3.8, 4) is 0 Å². The molecular weight excluding hydrogens is 168 g/mol. The number of hydrogen-bond acceptors (Lipinski definition) is 1. The average molecular weight is 174 g/mol. The Balaban J connectivity index is 2.78. The van der Waals surface area contributed by atoms with E-state index in [4.69, 9.17) is 11.6 Å². The Morgan fingerprint density at radius 3 is 2.40 bits per heavy atom. The molecule has 0 fully saturated rings. The van der Waals surface area contributed by atoms with E-state index in [9.17, 15) is 4.21 Å². The molecule has 0 aliphatic rings. The zero-order chi connectivity index (χ0) is 7.40. The summed E-state index contributed by atoms with van der Waals surface area (Å²) in [6, 6.07) is 7.28. The number of halogens is 1. The first-order chi connectivity index (χ1) is 4.83. The first-order valence-corrected chi connectivity index (χ1v) is 4.11.